The number of rotatable bonds is 4. The van der Waals surface area contributed by atoms with Gasteiger partial charge >= 0.3 is 6.03 Å². The zero-order chi connectivity index (χ0) is 16.2. The van der Waals surface area contributed by atoms with Gasteiger partial charge in [-0.1, -0.05) is 6.07 Å². The Morgan fingerprint density at radius 3 is 2.87 bits per heavy atom. The number of fused-ring (bicyclic) bond motifs is 1. The summed E-state index contributed by atoms with van der Waals surface area (Å²) in [4.78, 5) is 16.3. The van der Waals surface area contributed by atoms with Crippen LogP contribution < -0.4 is 20.1 Å². The first-order chi connectivity index (χ1) is 11.1. The predicted octanol–water partition coefficient (Wildman–Crippen LogP) is 2.78. The molecule has 0 bridgehead atoms. The highest BCUT2D eigenvalue weighted by Gasteiger charge is 2.15. The molecule has 0 saturated heterocycles. The highest BCUT2D eigenvalue weighted by atomic mass is 32.1. The van der Waals surface area contributed by atoms with E-state index in [1.54, 1.807) is 0 Å². The minimum Gasteiger partial charge on any atom is -0.486 e. The van der Waals surface area contributed by atoms with Gasteiger partial charge in [-0.05, 0) is 31.5 Å². The zero-order valence-corrected chi connectivity index (χ0v) is 13.9. The summed E-state index contributed by atoms with van der Waals surface area (Å²) in [6, 6.07) is 5.36. The summed E-state index contributed by atoms with van der Waals surface area (Å²) >= 11 is 1.54. The molecule has 0 aliphatic carbocycles. The van der Waals surface area contributed by atoms with Crippen LogP contribution in [0.25, 0.3) is 0 Å². The van der Waals surface area contributed by atoms with E-state index in [9.17, 15) is 4.79 Å². The van der Waals surface area contributed by atoms with Gasteiger partial charge < -0.3 is 20.1 Å². The van der Waals surface area contributed by atoms with Crippen molar-refractivity contribution in [3.63, 3.8) is 0 Å². The summed E-state index contributed by atoms with van der Waals surface area (Å²) in [5.41, 5.74) is 1.94. The summed E-state index contributed by atoms with van der Waals surface area (Å²) in [7, 11) is 0. The number of urea groups is 1. The monoisotopic (exact) mass is 333 g/mol. The molecule has 3 rings (SSSR count). The predicted molar refractivity (Wildman–Crippen MR) is 88.1 cm³/mol. The highest BCUT2D eigenvalue weighted by molar-refractivity contribution is 7.09. The largest absolute Gasteiger partial charge is 0.486 e. The Balaban J connectivity index is 1.55. The molecule has 2 aromatic rings. The van der Waals surface area contributed by atoms with Gasteiger partial charge in [0.25, 0.3) is 0 Å². The summed E-state index contributed by atoms with van der Waals surface area (Å²) in [6.45, 7) is 5.41. The van der Waals surface area contributed by atoms with Crippen LogP contribution in [-0.2, 0) is 6.54 Å². The molecule has 2 heterocycles. The topological polar surface area (TPSA) is 72.5 Å². The van der Waals surface area contributed by atoms with Crippen molar-refractivity contribution >= 4 is 17.4 Å². The number of nitrogens with one attached hydrogen (secondary N) is 2. The molecule has 0 unspecified atom stereocenters. The molecule has 0 spiro atoms. The highest BCUT2D eigenvalue weighted by Crippen LogP contribution is 2.32. The van der Waals surface area contributed by atoms with E-state index in [2.05, 4.69) is 15.6 Å². The molecule has 2 N–H and O–H groups in total. The molecular formula is C16H19N3O3S. The Kier molecular flexibility index (Phi) is 4.66. The Hall–Kier alpha value is -2.28. The summed E-state index contributed by atoms with van der Waals surface area (Å²) in [6.07, 6.45) is 0. The maximum absolute atomic E-state index is 12.0. The van der Waals surface area contributed by atoms with Crippen molar-refractivity contribution in [1.82, 2.24) is 15.6 Å². The minimum absolute atomic E-state index is 0.135. The van der Waals surface area contributed by atoms with Crippen molar-refractivity contribution in [3.8, 4) is 11.5 Å². The third-order valence-electron chi connectivity index (χ3n) is 3.48. The van der Waals surface area contributed by atoms with Gasteiger partial charge in [0.1, 0.15) is 18.2 Å². The number of amides is 2. The molecule has 0 radical (unpaired) electrons. The number of carbonyl (C=O) groups excluding carboxylic acids is 1. The van der Waals surface area contributed by atoms with Crippen LogP contribution >= 0.6 is 11.3 Å². The van der Waals surface area contributed by atoms with Crippen molar-refractivity contribution < 1.29 is 14.3 Å². The lowest BCUT2D eigenvalue weighted by molar-refractivity contribution is 0.171. The number of nitrogens with zero attached hydrogens (tertiary/aromatic N) is 1. The van der Waals surface area contributed by atoms with Gasteiger partial charge in [0.2, 0.25) is 0 Å². The lowest BCUT2D eigenvalue weighted by Gasteiger charge is -2.21. The maximum atomic E-state index is 12.0. The minimum atomic E-state index is -0.222. The number of aromatic nitrogens is 1. The van der Waals surface area contributed by atoms with Crippen LogP contribution in [0.3, 0.4) is 0 Å². The van der Waals surface area contributed by atoms with Crippen LogP contribution in [0, 0.1) is 6.92 Å². The van der Waals surface area contributed by atoms with E-state index in [4.69, 9.17) is 9.47 Å². The third kappa shape index (κ3) is 3.92. The average Bonchev–Trinajstić information content (AvgIpc) is 2.98. The van der Waals surface area contributed by atoms with Crippen molar-refractivity contribution in [2.75, 3.05) is 13.2 Å². The number of hydrogen-bond acceptors (Lipinski definition) is 5. The second kappa shape index (κ2) is 6.87. The van der Waals surface area contributed by atoms with Gasteiger partial charge in [-0.15, -0.1) is 11.3 Å². The van der Waals surface area contributed by atoms with Crippen LogP contribution in [0.5, 0.6) is 11.5 Å². The Morgan fingerprint density at radius 2 is 2.13 bits per heavy atom. The molecule has 6 nitrogen and oxygen atoms in total. The molecule has 1 aromatic carbocycles. The summed E-state index contributed by atoms with van der Waals surface area (Å²) in [5.74, 6) is 1.47. The number of ether oxygens (including phenoxy) is 2. The first-order valence-electron chi connectivity index (χ1n) is 7.47. The maximum Gasteiger partial charge on any atom is 0.315 e. The van der Waals surface area contributed by atoms with Gasteiger partial charge in [-0.2, -0.15) is 0 Å². The second-order valence-corrected chi connectivity index (χ2v) is 6.28. The lowest BCUT2D eigenvalue weighted by atomic mass is 10.1. The second-order valence-electron chi connectivity index (χ2n) is 5.33. The summed E-state index contributed by atoms with van der Waals surface area (Å²) in [5, 5.41) is 8.59. The first-order valence-corrected chi connectivity index (χ1v) is 8.34. The van der Waals surface area contributed by atoms with Gasteiger partial charge in [-0.3, -0.25) is 0 Å². The number of benzene rings is 1. The number of hydrogen-bond donors (Lipinski definition) is 2. The number of thiazole rings is 1. The van der Waals surface area contributed by atoms with E-state index in [0.717, 1.165) is 27.8 Å². The molecular weight excluding hydrogens is 314 g/mol. The fourth-order valence-electron chi connectivity index (χ4n) is 2.30. The van der Waals surface area contributed by atoms with E-state index >= 15 is 0 Å². The van der Waals surface area contributed by atoms with Crippen molar-refractivity contribution in [2.24, 2.45) is 0 Å². The van der Waals surface area contributed by atoms with Crippen molar-refractivity contribution in [1.29, 1.82) is 0 Å². The van der Waals surface area contributed by atoms with E-state index in [1.165, 1.54) is 11.3 Å². The molecule has 1 aliphatic rings. The summed E-state index contributed by atoms with van der Waals surface area (Å²) < 4.78 is 11.1. The quantitative estimate of drug-likeness (QED) is 0.902. The van der Waals surface area contributed by atoms with Gasteiger partial charge in [0.15, 0.2) is 11.5 Å². The van der Waals surface area contributed by atoms with E-state index in [0.29, 0.717) is 19.8 Å². The molecule has 1 atom stereocenters. The number of carbonyl (C=O) groups is 1. The molecule has 1 aliphatic heterocycles. The Morgan fingerprint density at radius 1 is 1.35 bits per heavy atom. The van der Waals surface area contributed by atoms with Gasteiger partial charge in [-0.25, -0.2) is 9.78 Å². The standard InChI is InChI=1S/C16H19N3O3S/c1-10-9-23-15(18-10)8-17-16(20)19-11(2)12-3-4-13-14(7-12)22-6-5-21-13/h3-4,7,9,11H,5-6,8H2,1-2H3,(H2,17,19,20)/t11-/m1/s1. The van der Waals surface area contributed by atoms with Crippen LogP contribution in [0.1, 0.15) is 29.2 Å². The van der Waals surface area contributed by atoms with Crippen molar-refractivity contribution in [2.45, 2.75) is 26.4 Å². The average molecular weight is 333 g/mol. The van der Waals surface area contributed by atoms with E-state index < -0.39 is 0 Å². The Bertz CT molecular complexity index is 702. The van der Waals surface area contributed by atoms with E-state index in [-0.39, 0.29) is 12.1 Å². The van der Waals surface area contributed by atoms with Crippen LogP contribution in [0.2, 0.25) is 0 Å². The number of aryl methyl sites for hydroxylation is 1. The molecule has 122 valence electrons. The normalized spacial score (nSPS) is 14.2. The van der Waals surface area contributed by atoms with Gasteiger partial charge in [0.05, 0.1) is 12.6 Å². The third-order valence-corrected chi connectivity index (χ3v) is 4.45. The molecule has 0 saturated carbocycles. The van der Waals surface area contributed by atoms with Crippen LogP contribution in [-0.4, -0.2) is 24.2 Å². The molecule has 0 fully saturated rings. The molecule has 23 heavy (non-hydrogen) atoms. The SMILES string of the molecule is Cc1csc(CNC(=O)N[C@H](C)c2ccc3c(c2)OCCO3)n1. The van der Waals surface area contributed by atoms with E-state index in [1.807, 2.05) is 37.4 Å². The lowest BCUT2D eigenvalue weighted by Crippen LogP contribution is -2.36. The fraction of sp³-hybridized carbons (Fsp3) is 0.375. The first kappa shape index (κ1) is 15.6. The molecule has 1 aromatic heterocycles. The van der Waals surface area contributed by atoms with Crippen LogP contribution in [0.15, 0.2) is 23.6 Å². The molecule has 7 heteroatoms. The molecule has 2 amide bonds. The fourth-order valence-corrected chi connectivity index (χ4v) is 3.01. The van der Waals surface area contributed by atoms with Gasteiger partial charge in [0, 0.05) is 11.1 Å². The zero-order valence-electron chi connectivity index (χ0n) is 13.1. The van der Waals surface area contributed by atoms with Crippen molar-refractivity contribution in [3.05, 3.63) is 39.8 Å². The van der Waals surface area contributed by atoms with Crippen LogP contribution in [0.4, 0.5) is 4.79 Å². The smallest absolute Gasteiger partial charge is 0.315 e. The Labute approximate surface area is 138 Å².